The van der Waals surface area contributed by atoms with Gasteiger partial charge in [0.15, 0.2) is 11.2 Å². The second-order valence-corrected chi connectivity index (χ2v) is 5.16. The third-order valence-corrected chi connectivity index (χ3v) is 3.26. The molecule has 0 aliphatic carbocycles. The number of nitrogens with one attached hydrogen (secondary N) is 2. The number of aryl methyl sites for hydroxylation is 1. The zero-order chi connectivity index (χ0) is 16.3. The lowest BCUT2D eigenvalue weighted by atomic mass is 10.4. The van der Waals surface area contributed by atoms with Crippen LogP contribution in [-0.2, 0) is 18.3 Å². The first-order valence-corrected chi connectivity index (χ1v) is 7.06. The van der Waals surface area contributed by atoms with Gasteiger partial charge in [-0.3, -0.25) is 14.3 Å². The highest BCUT2D eigenvalue weighted by Crippen LogP contribution is 2.15. The van der Waals surface area contributed by atoms with Crippen molar-refractivity contribution in [1.29, 1.82) is 0 Å². The van der Waals surface area contributed by atoms with Crippen molar-refractivity contribution in [3.63, 3.8) is 0 Å². The maximum atomic E-state index is 12.1. The second kappa shape index (κ2) is 6.75. The van der Waals surface area contributed by atoms with Crippen molar-refractivity contribution in [3.8, 4) is 0 Å². The van der Waals surface area contributed by atoms with Crippen LogP contribution in [0, 0.1) is 0 Å². The smallest absolute Gasteiger partial charge is 0.329 e. The number of hydrogen-bond donors (Lipinski definition) is 3. The van der Waals surface area contributed by atoms with E-state index in [-0.39, 0.29) is 17.7 Å². The van der Waals surface area contributed by atoms with Crippen LogP contribution in [0.1, 0.15) is 13.3 Å². The van der Waals surface area contributed by atoms with Crippen LogP contribution < -0.4 is 16.6 Å². The van der Waals surface area contributed by atoms with Crippen molar-refractivity contribution in [3.05, 3.63) is 20.8 Å². The van der Waals surface area contributed by atoms with E-state index < -0.39 is 17.4 Å². The molecule has 9 heteroatoms. The molecule has 1 atom stereocenters. The number of anilines is 1. The fourth-order valence-corrected chi connectivity index (χ4v) is 2.23. The molecule has 0 fully saturated rings. The summed E-state index contributed by atoms with van der Waals surface area (Å²) in [5.41, 5.74) is -0.498. The van der Waals surface area contributed by atoms with Crippen molar-refractivity contribution < 1.29 is 9.84 Å². The molecule has 0 aliphatic heterocycles. The summed E-state index contributed by atoms with van der Waals surface area (Å²) in [6.07, 6.45) is 0.109. The summed E-state index contributed by atoms with van der Waals surface area (Å²) in [6.45, 7) is 3.02. The molecule has 122 valence electrons. The Hall–Kier alpha value is -2.13. The highest BCUT2D eigenvalue weighted by molar-refractivity contribution is 5.74. The van der Waals surface area contributed by atoms with E-state index in [2.05, 4.69) is 15.3 Å². The Labute approximate surface area is 126 Å². The molecule has 0 bridgehead atoms. The van der Waals surface area contributed by atoms with Crippen LogP contribution in [0.4, 0.5) is 5.95 Å². The molecule has 0 aliphatic rings. The molecule has 0 amide bonds. The van der Waals surface area contributed by atoms with E-state index in [1.54, 1.807) is 18.6 Å². The number of aliphatic hydroxyl groups is 1. The molecular weight excluding hydrogens is 290 g/mol. The SMILES string of the molecule is COCCCNc1nc2c(c(=O)[nH]c(=O)n2C)n1C[C@@H](C)O. The molecular formula is C13H21N5O4. The number of aromatic nitrogens is 4. The fraction of sp³-hybridized carbons (Fsp3) is 0.615. The van der Waals surface area contributed by atoms with E-state index in [1.165, 1.54) is 11.6 Å². The first kappa shape index (κ1) is 16.2. The number of nitrogens with zero attached hydrogens (tertiary/aromatic N) is 3. The zero-order valence-corrected chi connectivity index (χ0v) is 12.9. The number of H-pyrrole nitrogens is 1. The molecule has 22 heavy (non-hydrogen) atoms. The van der Waals surface area contributed by atoms with Gasteiger partial charge < -0.3 is 19.7 Å². The molecule has 2 aromatic rings. The van der Waals surface area contributed by atoms with Crippen LogP contribution in [0.5, 0.6) is 0 Å². The lowest BCUT2D eigenvalue weighted by molar-refractivity contribution is 0.175. The first-order valence-electron chi connectivity index (χ1n) is 7.06. The predicted octanol–water partition coefficient (Wildman–Crippen LogP) is -0.747. The maximum Gasteiger partial charge on any atom is 0.329 e. The van der Waals surface area contributed by atoms with E-state index in [0.29, 0.717) is 19.1 Å². The van der Waals surface area contributed by atoms with Crippen molar-refractivity contribution in [1.82, 2.24) is 19.1 Å². The molecule has 0 aromatic carbocycles. The van der Waals surface area contributed by atoms with Gasteiger partial charge in [-0.05, 0) is 13.3 Å². The van der Waals surface area contributed by atoms with Crippen molar-refractivity contribution in [2.24, 2.45) is 7.05 Å². The van der Waals surface area contributed by atoms with Gasteiger partial charge in [0.05, 0.1) is 12.6 Å². The third kappa shape index (κ3) is 3.20. The Kier molecular flexibility index (Phi) is 4.99. The highest BCUT2D eigenvalue weighted by Gasteiger charge is 2.18. The Bertz CT molecular complexity index is 758. The lowest BCUT2D eigenvalue weighted by Gasteiger charge is -2.11. The Morgan fingerprint density at radius 3 is 2.82 bits per heavy atom. The average molecular weight is 311 g/mol. The summed E-state index contributed by atoms with van der Waals surface area (Å²) in [7, 11) is 3.16. The summed E-state index contributed by atoms with van der Waals surface area (Å²) in [5, 5.41) is 12.8. The van der Waals surface area contributed by atoms with Crippen LogP contribution in [0.3, 0.4) is 0 Å². The molecule has 0 saturated carbocycles. The number of methoxy groups -OCH3 is 1. The Morgan fingerprint density at radius 2 is 2.18 bits per heavy atom. The largest absolute Gasteiger partial charge is 0.392 e. The standard InChI is InChI=1S/C13H21N5O4/c1-8(19)7-18-9-10(17(2)13(21)16-11(9)20)15-12(18)14-5-4-6-22-3/h8,19H,4-7H2,1-3H3,(H,14,15)(H,16,20,21)/t8-/m1/s1. The minimum atomic E-state index is -0.659. The van der Waals surface area contributed by atoms with Crippen molar-refractivity contribution >= 4 is 17.1 Å². The van der Waals surface area contributed by atoms with Crippen molar-refractivity contribution in [2.75, 3.05) is 25.6 Å². The molecule has 3 N–H and O–H groups in total. The van der Waals surface area contributed by atoms with Gasteiger partial charge in [-0.2, -0.15) is 4.98 Å². The molecule has 0 saturated heterocycles. The number of ether oxygens (including phenoxy) is 1. The van der Waals surface area contributed by atoms with Crippen LogP contribution in [0.15, 0.2) is 9.59 Å². The summed E-state index contributed by atoms with van der Waals surface area (Å²) in [6, 6.07) is 0. The van der Waals surface area contributed by atoms with Crippen LogP contribution in [0.25, 0.3) is 11.2 Å². The Balaban J connectivity index is 2.50. The molecule has 0 radical (unpaired) electrons. The minimum absolute atomic E-state index is 0.199. The fourth-order valence-electron chi connectivity index (χ4n) is 2.23. The number of aliphatic hydroxyl groups excluding tert-OH is 1. The number of imidazole rings is 1. The van der Waals surface area contributed by atoms with Crippen molar-refractivity contribution in [2.45, 2.75) is 26.0 Å². The minimum Gasteiger partial charge on any atom is -0.392 e. The monoisotopic (exact) mass is 311 g/mol. The van der Waals surface area contributed by atoms with Gasteiger partial charge in [-0.15, -0.1) is 0 Å². The van der Waals surface area contributed by atoms with Gasteiger partial charge in [0.2, 0.25) is 5.95 Å². The quantitative estimate of drug-likeness (QED) is 0.580. The topological polar surface area (TPSA) is 114 Å². The van der Waals surface area contributed by atoms with E-state index in [4.69, 9.17) is 4.74 Å². The number of rotatable bonds is 7. The Morgan fingerprint density at radius 1 is 1.45 bits per heavy atom. The number of aromatic amines is 1. The molecule has 9 nitrogen and oxygen atoms in total. The molecule has 2 heterocycles. The van der Waals surface area contributed by atoms with Gasteiger partial charge in [0.25, 0.3) is 5.56 Å². The second-order valence-electron chi connectivity index (χ2n) is 5.16. The predicted molar refractivity (Wildman–Crippen MR) is 82.3 cm³/mol. The summed E-state index contributed by atoms with van der Waals surface area (Å²) in [4.78, 5) is 30.3. The van der Waals surface area contributed by atoms with Crippen LogP contribution in [0.2, 0.25) is 0 Å². The van der Waals surface area contributed by atoms with Gasteiger partial charge >= 0.3 is 5.69 Å². The van der Waals surface area contributed by atoms with E-state index in [9.17, 15) is 14.7 Å². The summed E-state index contributed by atoms with van der Waals surface area (Å²) >= 11 is 0. The van der Waals surface area contributed by atoms with Gasteiger partial charge in [-0.25, -0.2) is 4.79 Å². The van der Waals surface area contributed by atoms with E-state index >= 15 is 0 Å². The van der Waals surface area contributed by atoms with E-state index in [1.807, 2.05) is 0 Å². The molecule has 2 rings (SSSR count). The number of fused-ring (bicyclic) bond motifs is 1. The van der Waals surface area contributed by atoms with Gasteiger partial charge in [0.1, 0.15) is 0 Å². The maximum absolute atomic E-state index is 12.1. The molecule has 0 spiro atoms. The summed E-state index contributed by atoms with van der Waals surface area (Å²) in [5.74, 6) is 0.443. The van der Waals surface area contributed by atoms with Crippen LogP contribution in [-0.4, -0.2) is 50.6 Å². The lowest BCUT2D eigenvalue weighted by Crippen LogP contribution is -2.29. The van der Waals surface area contributed by atoms with Crippen LogP contribution >= 0.6 is 0 Å². The first-order chi connectivity index (χ1) is 10.5. The molecule has 0 unspecified atom stereocenters. The molecule has 2 aromatic heterocycles. The number of hydrogen-bond acceptors (Lipinski definition) is 6. The van der Waals surface area contributed by atoms with E-state index in [0.717, 1.165) is 6.42 Å². The summed E-state index contributed by atoms with van der Waals surface area (Å²) < 4.78 is 7.84. The third-order valence-electron chi connectivity index (χ3n) is 3.26. The van der Waals surface area contributed by atoms with Gasteiger partial charge in [-0.1, -0.05) is 0 Å². The normalized spacial score (nSPS) is 12.7. The highest BCUT2D eigenvalue weighted by atomic mass is 16.5. The average Bonchev–Trinajstić information content (AvgIpc) is 2.80. The zero-order valence-electron chi connectivity index (χ0n) is 12.9. The van der Waals surface area contributed by atoms with Gasteiger partial charge in [0, 0.05) is 27.3 Å².